The Morgan fingerprint density at radius 3 is 2.65 bits per heavy atom. The van der Waals surface area contributed by atoms with E-state index in [4.69, 9.17) is 23.8 Å². The van der Waals surface area contributed by atoms with Crippen molar-refractivity contribution in [3.8, 4) is 0 Å². The van der Waals surface area contributed by atoms with E-state index in [2.05, 4.69) is 23.1 Å². The van der Waals surface area contributed by atoms with Gasteiger partial charge >= 0.3 is 0 Å². The van der Waals surface area contributed by atoms with Crippen LogP contribution in [0.25, 0.3) is 6.08 Å². The number of hydrazine groups is 1. The quantitative estimate of drug-likeness (QED) is 0.318. The molecule has 1 rings (SSSR count). The lowest BCUT2D eigenvalue weighted by Gasteiger charge is -2.09. The molecule has 2 amide bonds. The molecule has 0 aliphatic carbocycles. The molecule has 0 atom stereocenters. The highest BCUT2D eigenvalue weighted by Crippen LogP contribution is 2.15. The minimum absolute atomic E-state index is 0.0302. The van der Waals surface area contributed by atoms with Crippen molar-refractivity contribution in [3.63, 3.8) is 0 Å². The molecule has 0 aliphatic rings. The fraction of sp³-hybridized carbons (Fsp3) is 0.312. The number of thiocarbonyl (C=S) groups is 1. The lowest BCUT2D eigenvalue weighted by molar-refractivity contribution is -0.122. The fourth-order valence-corrected chi connectivity index (χ4v) is 2.04. The Bertz CT molecular complexity index is 590. The van der Waals surface area contributed by atoms with Gasteiger partial charge in [0.2, 0.25) is 11.8 Å². The van der Waals surface area contributed by atoms with E-state index in [1.54, 1.807) is 18.2 Å². The van der Waals surface area contributed by atoms with E-state index < -0.39 is 5.91 Å². The Labute approximate surface area is 146 Å². The smallest absolute Gasteiger partial charge is 0.250 e. The Hall–Kier alpha value is -1.92. The van der Waals surface area contributed by atoms with Gasteiger partial charge in [-0.25, -0.2) is 0 Å². The third-order valence-electron chi connectivity index (χ3n) is 2.88. The summed E-state index contributed by atoms with van der Waals surface area (Å²) >= 11 is 10.9. The molecule has 0 unspecified atom stereocenters. The number of hydrogen-bond acceptors (Lipinski definition) is 3. The maximum atomic E-state index is 11.7. The van der Waals surface area contributed by atoms with Gasteiger partial charge in [0, 0.05) is 17.5 Å². The number of unbranched alkanes of at least 4 members (excludes halogenated alkanes) is 2. The standard InChI is InChI=1S/C16H20ClN3O2S/c1-2-3-4-9-15(22)19-20-16(23)18-14(21)11-10-12-7-5-6-8-13(12)17/h5-8,10-11H,2-4,9H2,1H3,(H,19,22)(H2,18,20,21,23). The molecule has 0 fully saturated rings. The SMILES string of the molecule is CCCCCC(=O)NNC(=S)NC(=O)C=Cc1ccccc1Cl. The number of nitrogens with one attached hydrogen (secondary N) is 3. The molecule has 23 heavy (non-hydrogen) atoms. The van der Waals surface area contributed by atoms with E-state index in [-0.39, 0.29) is 11.0 Å². The van der Waals surface area contributed by atoms with Crippen LogP contribution in [0.15, 0.2) is 30.3 Å². The van der Waals surface area contributed by atoms with Crippen molar-refractivity contribution in [1.29, 1.82) is 0 Å². The van der Waals surface area contributed by atoms with Gasteiger partial charge in [0.05, 0.1) is 0 Å². The highest BCUT2D eigenvalue weighted by Gasteiger charge is 2.04. The first-order chi connectivity index (χ1) is 11.0. The van der Waals surface area contributed by atoms with Crippen LogP contribution in [0.3, 0.4) is 0 Å². The lowest BCUT2D eigenvalue weighted by atomic mass is 10.2. The summed E-state index contributed by atoms with van der Waals surface area (Å²) in [6, 6.07) is 7.16. The van der Waals surface area contributed by atoms with Gasteiger partial charge in [-0.1, -0.05) is 49.6 Å². The molecule has 0 saturated carbocycles. The van der Waals surface area contributed by atoms with Crippen LogP contribution in [0, 0.1) is 0 Å². The number of carbonyl (C=O) groups is 2. The second kappa shape index (κ2) is 10.7. The number of hydrogen-bond donors (Lipinski definition) is 3. The average Bonchev–Trinajstić information content (AvgIpc) is 2.52. The molecule has 124 valence electrons. The van der Waals surface area contributed by atoms with Gasteiger partial charge in [-0.05, 0) is 36.3 Å². The van der Waals surface area contributed by atoms with Crippen molar-refractivity contribution in [2.24, 2.45) is 0 Å². The van der Waals surface area contributed by atoms with E-state index in [0.29, 0.717) is 11.4 Å². The molecule has 0 bridgehead atoms. The Morgan fingerprint density at radius 1 is 1.22 bits per heavy atom. The highest BCUT2D eigenvalue weighted by atomic mass is 35.5. The van der Waals surface area contributed by atoms with Crippen molar-refractivity contribution in [2.75, 3.05) is 0 Å². The van der Waals surface area contributed by atoms with Crippen LogP contribution in [-0.2, 0) is 9.59 Å². The van der Waals surface area contributed by atoms with E-state index in [1.807, 2.05) is 12.1 Å². The van der Waals surface area contributed by atoms with Crippen LogP contribution in [0.1, 0.15) is 38.2 Å². The Balaban J connectivity index is 2.32. The predicted molar refractivity (Wildman–Crippen MR) is 96.6 cm³/mol. The van der Waals surface area contributed by atoms with E-state index in [0.717, 1.165) is 24.8 Å². The number of carbonyl (C=O) groups excluding carboxylic acids is 2. The van der Waals surface area contributed by atoms with Crippen LogP contribution in [0.2, 0.25) is 5.02 Å². The van der Waals surface area contributed by atoms with Crippen LogP contribution in [0.5, 0.6) is 0 Å². The molecular formula is C16H20ClN3O2S. The lowest BCUT2D eigenvalue weighted by Crippen LogP contribution is -2.48. The molecule has 0 radical (unpaired) electrons. The van der Waals surface area contributed by atoms with Crippen LogP contribution in [-0.4, -0.2) is 16.9 Å². The van der Waals surface area contributed by atoms with Gasteiger partial charge < -0.3 is 0 Å². The minimum Gasteiger partial charge on any atom is -0.298 e. The molecule has 3 N–H and O–H groups in total. The molecule has 5 nitrogen and oxygen atoms in total. The van der Waals surface area contributed by atoms with Crippen LogP contribution in [0.4, 0.5) is 0 Å². The number of benzene rings is 1. The summed E-state index contributed by atoms with van der Waals surface area (Å²) in [6.07, 6.45) is 6.20. The average molecular weight is 354 g/mol. The van der Waals surface area contributed by atoms with Gasteiger partial charge in [0.15, 0.2) is 5.11 Å². The number of rotatable bonds is 6. The zero-order valence-corrected chi connectivity index (χ0v) is 14.5. The summed E-state index contributed by atoms with van der Waals surface area (Å²) in [5.41, 5.74) is 5.66. The molecule has 0 heterocycles. The minimum atomic E-state index is -0.414. The molecule has 1 aromatic rings. The normalized spacial score (nSPS) is 10.3. The van der Waals surface area contributed by atoms with Crippen molar-refractivity contribution < 1.29 is 9.59 Å². The first kappa shape index (κ1) is 19.1. The monoisotopic (exact) mass is 353 g/mol. The first-order valence-electron chi connectivity index (χ1n) is 7.35. The van der Waals surface area contributed by atoms with Gasteiger partial charge in [0.25, 0.3) is 0 Å². The third kappa shape index (κ3) is 8.32. The predicted octanol–water partition coefficient (Wildman–Crippen LogP) is 2.96. The van der Waals surface area contributed by atoms with Crippen molar-refractivity contribution in [3.05, 3.63) is 40.9 Å². The number of halogens is 1. The van der Waals surface area contributed by atoms with Crippen LogP contribution >= 0.6 is 23.8 Å². The highest BCUT2D eigenvalue weighted by molar-refractivity contribution is 7.80. The van der Waals surface area contributed by atoms with Crippen molar-refractivity contribution in [1.82, 2.24) is 16.2 Å². The van der Waals surface area contributed by atoms with Gasteiger partial charge in [-0.2, -0.15) is 0 Å². The zero-order valence-electron chi connectivity index (χ0n) is 12.9. The summed E-state index contributed by atoms with van der Waals surface area (Å²) in [6.45, 7) is 2.07. The fourth-order valence-electron chi connectivity index (χ4n) is 1.69. The summed E-state index contributed by atoms with van der Waals surface area (Å²) < 4.78 is 0. The van der Waals surface area contributed by atoms with E-state index in [9.17, 15) is 9.59 Å². The Morgan fingerprint density at radius 2 is 1.96 bits per heavy atom. The summed E-state index contributed by atoms with van der Waals surface area (Å²) in [5.74, 6) is -0.579. The summed E-state index contributed by atoms with van der Waals surface area (Å²) in [5, 5.41) is 3.01. The van der Waals surface area contributed by atoms with E-state index in [1.165, 1.54) is 6.08 Å². The third-order valence-corrected chi connectivity index (χ3v) is 3.43. The zero-order chi connectivity index (χ0) is 17.1. The first-order valence-corrected chi connectivity index (χ1v) is 8.14. The second-order valence-electron chi connectivity index (χ2n) is 4.80. The van der Waals surface area contributed by atoms with Gasteiger partial charge in [-0.15, -0.1) is 0 Å². The van der Waals surface area contributed by atoms with Gasteiger partial charge in [0.1, 0.15) is 0 Å². The molecule has 7 heteroatoms. The van der Waals surface area contributed by atoms with Crippen molar-refractivity contribution in [2.45, 2.75) is 32.6 Å². The maximum absolute atomic E-state index is 11.7. The Kier molecular flexibility index (Phi) is 8.94. The van der Waals surface area contributed by atoms with Crippen LogP contribution < -0.4 is 16.2 Å². The molecule has 0 saturated heterocycles. The molecular weight excluding hydrogens is 334 g/mol. The maximum Gasteiger partial charge on any atom is 0.250 e. The largest absolute Gasteiger partial charge is 0.298 e. The molecule has 0 aromatic heterocycles. The number of amides is 2. The van der Waals surface area contributed by atoms with Gasteiger partial charge in [-0.3, -0.25) is 25.8 Å². The molecule has 0 spiro atoms. The summed E-state index contributed by atoms with van der Waals surface area (Å²) in [4.78, 5) is 23.2. The van der Waals surface area contributed by atoms with Crippen molar-refractivity contribution >= 4 is 46.8 Å². The molecule has 1 aromatic carbocycles. The summed E-state index contributed by atoms with van der Waals surface area (Å²) in [7, 11) is 0. The molecule has 0 aliphatic heterocycles. The van der Waals surface area contributed by atoms with E-state index >= 15 is 0 Å². The second-order valence-corrected chi connectivity index (χ2v) is 5.62. The topological polar surface area (TPSA) is 70.2 Å².